The van der Waals surface area contributed by atoms with Gasteiger partial charge in [-0.1, -0.05) is 58.4 Å². The fourth-order valence-corrected chi connectivity index (χ4v) is 4.10. The summed E-state index contributed by atoms with van der Waals surface area (Å²) in [5.41, 5.74) is 9.35. The molecule has 0 spiro atoms. The maximum Gasteiger partial charge on any atom is 0.258 e. The van der Waals surface area contributed by atoms with Crippen molar-refractivity contribution in [3.8, 4) is 11.8 Å². The Balaban J connectivity index is 1.83. The second-order valence-corrected chi connectivity index (χ2v) is 8.15. The number of fused-ring (bicyclic) bond motifs is 1. The Morgan fingerprint density at radius 3 is 2.53 bits per heavy atom. The molecule has 0 radical (unpaired) electrons. The van der Waals surface area contributed by atoms with Crippen LogP contribution >= 0.6 is 15.9 Å². The number of allylic oxidation sites excluding steroid dienone is 1. The Hall–Kier alpha value is -3.30. The number of aryl methyl sites for hydroxylation is 2. The van der Waals surface area contributed by atoms with Crippen molar-refractivity contribution >= 4 is 15.9 Å². The first kappa shape index (κ1) is 20.0. The maximum absolute atomic E-state index is 13.6. The van der Waals surface area contributed by atoms with Gasteiger partial charge in [-0.15, -0.1) is 0 Å². The van der Waals surface area contributed by atoms with Crippen LogP contribution < -0.4 is 16.0 Å². The molecule has 0 bridgehead atoms. The quantitative estimate of drug-likeness (QED) is 0.624. The van der Waals surface area contributed by atoms with Crippen molar-refractivity contribution in [1.82, 2.24) is 4.57 Å². The third kappa shape index (κ3) is 3.64. The highest BCUT2D eigenvalue weighted by Crippen LogP contribution is 2.40. The molecule has 5 nitrogen and oxygen atoms in total. The van der Waals surface area contributed by atoms with Gasteiger partial charge in [-0.25, -0.2) is 0 Å². The molecule has 1 atom stereocenters. The fourth-order valence-electron chi connectivity index (χ4n) is 3.84. The number of halogens is 1. The third-order valence-corrected chi connectivity index (χ3v) is 5.89. The summed E-state index contributed by atoms with van der Waals surface area (Å²) < 4.78 is 8.37. The molecular weight excluding hydrogens is 442 g/mol. The summed E-state index contributed by atoms with van der Waals surface area (Å²) in [6.07, 6.45) is 0.729. The number of nitrogens with two attached hydrogens (primary N) is 1. The summed E-state index contributed by atoms with van der Waals surface area (Å²) in [4.78, 5) is 13.6. The number of ether oxygens (including phenoxy) is 1. The summed E-state index contributed by atoms with van der Waals surface area (Å²) >= 11 is 3.43. The molecule has 0 unspecified atom stereocenters. The minimum Gasteiger partial charge on any atom is -0.440 e. The lowest BCUT2D eigenvalue weighted by Gasteiger charge is -2.27. The molecule has 0 saturated heterocycles. The molecule has 0 fully saturated rings. The van der Waals surface area contributed by atoms with E-state index in [0.29, 0.717) is 17.9 Å². The van der Waals surface area contributed by atoms with Gasteiger partial charge in [0, 0.05) is 22.8 Å². The summed E-state index contributed by atoms with van der Waals surface area (Å²) in [6, 6.07) is 21.6. The van der Waals surface area contributed by atoms with Crippen molar-refractivity contribution in [3.05, 3.63) is 109 Å². The molecular formula is C24H20BrN3O2. The molecule has 0 saturated carbocycles. The van der Waals surface area contributed by atoms with Crippen LogP contribution in [0.3, 0.4) is 0 Å². The number of hydrogen-bond acceptors (Lipinski definition) is 4. The first-order valence-electron chi connectivity index (χ1n) is 9.61. The number of pyridine rings is 1. The first-order chi connectivity index (χ1) is 14.5. The maximum atomic E-state index is 13.6. The van der Waals surface area contributed by atoms with Gasteiger partial charge in [0.2, 0.25) is 5.88 Å². The smallest absolute Gasteiger partial charge is 0.258 e. The van der Waals surface area contributed by atoms with Crippen LogP contribution in [0.25, 0.3) is 0 Å². The zero-order chi connectivity index (χ0) is 21.3. The van der Waals surface area contributed by atoms with Crippen molar-refractivity contribution in [2.75, 3.05) is 0 Å². The lowest BCUT2D eigenvalue weighted by Crippen LogP contribution is -2.33. The number of rotatable bonds is 4. The normalized spacial score (nSPS) is 15.3. The number of nitrogens with zero attached hydrogens (tertiary/aromatic N) is 2. The molecule has 1 aliphatic rings. The largest absolute Gasteiger partial charge is 0.440 e. The average molecular weight is 462 g/mol. The van der Waals surface area contributed by atoms with Gasteiger partial charge in [-0.05, 0) is 36.6 Å². The van der Waals surface area contributed by atoms with Crippen LogP contribution in [0.5, 0.6) is 5.75 Å². The molecule has 4 rings (SSSR count). The van der Waals surface area contributed by atoms with Crippen molar-refractivity contribution in [2.24, 2.45) is 5.73 Å². The van der Waals surface area contributed by atoms with Crippen LogP contribution in [-0.4, -0.2) is 4.57 Å². The molecule has 1 aliphatic heterocycles. The highest BCUT2D eigenvalue weighted by Gasteiger charge is 2.34. The average Bonchev–Trinajstić information content (AvgIpc) is 2.74. The zero-order valence-electron chi connectivity index (χ0n) is 16.4. The summed E-state index contributed by atoms with van der Waals surface area (Å²) in [5.74, 6) is -0.112. The highest BCUT2D eigenvalue weighted by molar-refractivity contribution is 9.10. The molecule has 2 N–H and O–H groups in total. The van der Waals surface area contributed by atoms with Crippen molar-refractivity contribution in [2.45, 2.75) is 25.8 Å². The van der Waals surface area contributed by atoms with E-state index >= 15 is 0 Å². The van der Waals surface area contributed by atoms with E-state index in [9.17, 15) is 10.1 Å². The third-order valence-electron chi connectivity index (χ3n) is 5.36. The van der Waals surface area contributed by atoms with E-state index in [0.717, 1.165) is 27.7 Å². The lowest BCUT2D eigenvalue weighted by molar-refractivity contribution is 0.388. The topological polar surface area (TPSA) is 81.0 Å². The van der Waals surface area contributed by atoms with E-state index < -0.39 is 5.92 Å². The first-order valence-corrected chi connectivity index (χ1v) is 10.4. The second kappa shape index (κ2) is 8.21. The molecule has 2 heterocycles. The lowest BCUT2D eigenvalue weighted by atomic mass is 9.84. The number of benzene rings is 2. The minimum atomic E-state index is -0.567. The van der Waals surface area contributed by atoms with Gasteiger partial charge in [0.05, 0.1) is 11.5 Å². The van der Waals surface area contributed by atoms with Crippen LogP contribution in [0.4, 0.5) is 0 Å². The summed E-state index contributed by atoms with van der Waals surface area (Å²) in [6.45, 7) is 2.42. The van der Waals surface area contributed by atoms with Crippen LogP contribution in [0, 0.1) is 18.3 Å². The SMILES string of the molecule is Cc1cc2c(c(=O)n1CCc1ccccc1)[C@H](c1ccc(Br)cc1)C(C#N)=C(N)O2. The zero-order valence-corrected chi connectivity index (χ0v) is 18.0. The molecule has 3 aromatic rings. The van der Waals surface area contributed by atoms with Crippen LogP contribution in [-0.2, 0) is 13.0 Å². The Bertz CT molecular complexity index is 1220. The Labute approximate surface area is 183 Å². The fraction of sp³-hybridized carbons (Fsp3) is 0.167. The van der Waals surface area contributed by atoms with Crippen LogP contribution in [0.15, 0.2) is 81.4 Å². The molecule has 6 heteroatoms. The molecule has 150 valence electrons. The molecule has 1 aromatic heterocycles. The molecule has 0 amide bonds. The number of nitriles is 1. The molecule has 0 aliphatic carbocycles. The monoisotopic (exact) mass is 461 g/mol. The number of hydrogen-bond donors (Lipinski definition) is 1. The van der Waals surface area contributed by atoms with E-state index in [1.807, 2.05) is 67.6 Å². The van der Waals surface area contributed by atoms with E-state index in [4.69, 9.17) is 10.5 Å². The van der Waals surface area contributed by atoms with E-state index in [1.165, 1.54) is 0 Å². The van der Waals surface area contributed by atoms with Gasteiger partial charge < -0.3 is 15.0 Å². The van der Waals surface area contributed by atoms with Gasteiger partial charge in [-0.3, -0.25) is 4.79 Å². The van der Waals surface area contributed by atoms with Crippen molar-refractivity contribution in [3.63, 3.8) is 0 Å². The standard InChI is InChI=1S/C24H20BrN3O2/c1-15-13-20-22(24(29)28(15)12-11-16-5-3-2-4-6-16)21(19(14-26)23(27)30-20)17-7-9-18(25)10-8-17/h2-10,13,21H,11-12,27H2,1H3/t21-/m1/s1. The summed E-state index contributed by atoms with van der Waals surface area (Å²) in [7, 11) is 0. The predicted molar refractivity (Wildman–Crippen MR) is 119 cm³/mol. The second-order valence-electron chi connectivity index (χ2n) is 7.23. The highest BCUT2D eigenvalue weighted by atomic mass is 79.9. The predicted octanol–water partition coefficient (Wildman–Crippen LogP) is 4.38. The van der Waals surface area contributed by atoms with Gasteiger partial charge in [0.25, 0.3) is 5.56 Å². The van der Waals surface area contributed by atoms with E-state index in [-0.39, 0.29) is 17.0 Å². The Kier molecular flexibility index (Phi) is 5.47. The van der Waals surface area contributed by atoms with Gasteiger partial charge in [-0.2, -0.15) is 5.26 Å². The van der Waals surface area contributed by atoms with Crippen LogP contribution in [0.2, 0.25) is 0 Å². The van der Waals surface area contributed by atoms with Crippen LogP contribution in [0.1, 0.15) is 28.3 Å². The molecule has 2 aromatic carbocycles. The molecule has 30 heavy (non-hydrogen) atoms. The Morgan fingerprint density at radius 1 is 1.17 bits per heavy atom. The Morgan fingerprint density at radius 2 is 1.87 bits per heavy atom. The van der Waals surface area contributed by atoms with Crippen molar-refractivity contribution in [1.29, 1.82) is 5.26 Å². The van der Waals surface area contributed by atoms with Gasteiger partial charge >= 0.3 is 0 Å². The van der Waals surface area contributed by atoms with E-state index in [1.54, 1.807) is 4.57 Å². The van der Waals surface area contributed by atoms with Crippen molar-refractivity contribution < 1.29 is 4.74 Å². The van der Waals surface area contributed by atoms with E-state index in [2.05, 4.69) is 22.0 Å². The minimum absolute atomic E-state index is 0.0405. The van der Waals surface area contributed by atoms with Gasteiger partial charge in [0.15, 0.2) is 0 Å². The number of aromatic nitrogens is 1. The van der Waals surface area contributed by atoms with Gasteiger partial charge in [0.1, 0.15) is 17.4 Å². The summed E-state index contributed by atoms with van der Waals surface area (Å²) in [5, 5.41) is 9.75.